The van der Waals surface area contributed by atoms with Crippen LogP contribution < -0.4 is 10.6 Å². The van der Waals surface area contributed by atoms with E-state index < -0.39 is 29.7 Å². The SMILES string of the molecule is O=C(NCCN1CCOCC1)C(=O)NCC(O)c1ccc(C(F)(F)F)cc1. The van der Waals surface area contributed by atoms with Crippen LogP contribution in [0.15, 0.2) is 24.3 Å². The van der Waals surface area contributed by atoms with Gasteiger partial charge >= 0.3 is 18.0 Å². The molecule has 0 aromatic heterocycles. The smallest absolute Gasteiger partial charge is 0.387 e. The molecule has 3 N–H and O–H groups in total. The molecule has 2 amide bonds. The standard InChI is InChI=1S/C17H22F3N3O4/c18-17(19,20)13-3-1-12(2-4-13)14(24)11-22-16(26)15(25)21-5-6-23-7-9-27-10-8-23/h1-4,14,24H,5-11H2,(H,21,25)(H,22,26). The van der Waals surface area contributed by atoms with E-state index in [1.165, 1.54) is 0 Å². The van der Waals surface area contributed by atoms with Gasteiger partial charge in [-0.05, 0) is 17.7 Å². The van der Waals surface area contributed by atoms with Gasteiger partial charge in [0.2, 0.25) is 0 Å². The number of rotatable bonds is 6. The van der Waals surface area contributed by atoms with Crippen molar-refractivity contribution in [3.63, 3.8) is 0 Å². The van der Waals surface area contributed by atoms with Crippen molar-refractivity contribution in [3.8, 4) is 0 Å². The molecule has 7 nitrogen and oxygen atoms in total. The van der Waals surface area contributed by atoms with Crippen LogP contribution in [-0.2, 0) is 20.5 Å². The molecule has 0 spiro atoms. The first-order valence-electron chi connectivity index (χ1n) is 8.48. The maximum Gasteiger partial charge on any atom is 0.416 e. The number of aliphatic hydroxyl groups excluding tert-OH is 1. The number of hydrogen-bond donors (Lipinski definition) is 3. The Labute approximate surface area is 154 Å². The van der Waals surface area contributed by atoms with Crippen molar-refractivity contribution in [2.24, 2.45) is 0 Å². The lowest BCUT2D eigenvalue weighted by molar-refractivity contribution is -0.139. The summed E-state index contributed by atoms with van der Waals surface area (Å²) in [6.45, 7) is 3.40. The summed E-state index contributed by atoms with van der Waals surface area (Å²) in [5.41, 5.74) is -0.627. The van der Waals surface area contributed by atoms with Crippen LogP contribution in [0.4, 0.5) is 13.2 Å². The molecule has 0 radical (unpaired) electrons. The number of halogens is 3. The Morgan fingerprint density at radius 1 is 1.11 bits per heavy atom. The molecule has 1 aliphatic rings. The molecule has 1 unspecified atom stereocenters. The van der Waals surface area contributed by atoms with Crippen molar-refractivity contribution >= 4 is 11.8 Å². The Bertz CT molecular complexity index is 631. The molecule has 1 aliphatic heterocycles. The Morgan fingerprint density at radius 2 is 1.70 bits per heavy atom. The normalized spacial score (nSPS) is 16.6. The maximum atomic E-state index is 12.5. The van der Waals surface area contributed by atoms with E-state index in [4.69, 9.17) is 4.74 Å². The minimum atomic E-state index is -4.46. The largest absolute Gasteiger partial charge is 0.416 e. The van der Waals surface area contributed by atoms with Crippen molar-refractivity contribution in [1.29, 1.82) is 0 Å². The van der Waals surface area contributed by atoms with Crippen LogP contribution in [0.25, 0.3) is 0 Å². The van der Waals surface area contributed by atoms with Gasteiger partial charge in [0.1, 0.15) is 0 Å². The summed E-state index contributed by atoms with van der Waals surface area (Å²) in [5, 5.41) is 14.7. The molecule has 1 aromatic rings. The number of benzene rings is 1. The van der Waals surface area contributed by atoms with E-state index in [0.29, 0.717) is 26.3 Å². The molecule has 2 rings (SSSR count). The first-order valence-corrected chi connectivity index (χ1v) is 8.48. The lowest BCUT2D eigenvalue weighted by Crippen LogP contribution is -2.45. The third kappa shape index (κ3) is 6.81. The van der Waals surface area contributed by atoms with E-state index in [2.05, 4.69) is 15.5 Å². The van der Waals surface area contributed by atoms with Gasteiger partial charge in [0, 0.05) is 32.7 Å². The molecule has 1 fully saturated rings. The topological polar surface area (TPSA) is 90.9 Å². The van der Waals surface area contributed by atoms with E-state index in [1.807, 2.05) is 0 Å². The summed E-state index contributed by atoms with van der Waals surface area (Å²) in [6.07, 6.45) is -5.69. The number of morpholine rings is 1. The Hall–Kier alpha value is -2.17. The molecular formula is C17H22F3N3O4. The summed E-state index contributed by atoms with van der Waals surface area (Å²) < 4.78 is 42.7. The van der Waals surface area contributed by atoms with Gasteiger partial charge in [-0.3, -0.25) is 14.5 Å². The van der Waals surface area contributed by atoms with E-state index in [0.717, 1.165) is 37.4 Å². The van der Waals surface area contributed by atoms with Crippen molar-refractivity contribution in [1.82, 2.24) is 15.5 Å². The predicted octanol–water partition coefficient (Wildman–Crippen LogP) is 0.303. The highest BCUT2D eigenvalue weighted by Gasteiger charge is 2.30. The van der Waals surface area contributed by atoms with Crippen LogP contribution in [0, 0.1) is 0 Å². The maximum absolute atomic E-state index is 12.5. The van der Waals surface area contributed by atoms with Crippen LogP contribution in [0.1, 0.15) is 17.2 Å². The molecule has 0 saturated carbocycles. The zero-order valence-electron chi connectivity index (χ0n) is 14.6. The van der Waals surface area contributed by atoms with Gasteiger partial charge in [0.05, 0.1) is 24.9 Å². The van der Waals surface area contributed by atoms with Crippen LogP contribution in [0.3, 0.4) is 0 Å². The van der Waals surface area contributed by atoms with Gasteiger partial charge in [0.15, 0.2) is 0 Å². The number of ether oxygens (including phenoxy) is 1. The van der Waals surface area contributed by atoms with Gasteiger partial charge in [-0.15, -0.1) is 0 Å². The Kier molecular flexibility index (Phi) is 7.57. The van der Waals surface area contributed by atoms with Gasteiger partial charge in [-0.1, -0.05) is 12.1 Å². The fraction of sp³-hybridized carbons (Fsp3) is 0.529. The minimum Gasteiger partial charge on any atom is -0.387 e. The van der Waals surface area contributed by atoms with Crippen LogP contribution >= 0.6 is 0 Å². The minimum absolute atomic E-state index is 0.205. The Morgan fingerprint density at radius 3 is 2.30 bits per heavy atom. The number of carbonyl (C=O) groups excluding carboxylic acids is 2. The molecule has 10 heteroatoms. The van der Waals surface area contributed by atoms with Gasteiger partial charge < -0.3 is 20.5 Å². The summed E-state index contributed by atoms with van der Waals surface area (Å²) in [6, 6.07) is 3.95. The molecule has 1 aromatic carbocycles. The quantitative estimate of drug-likeness (QED) is 0.609. The van der Waals surface area contributed by atoms with Crippen LogP contribution in [0.5, 0.6) is 0 Å². The number of nitrogens with zero attached hydrogens (tertiary/aromatic N) is 1. The van der Waals surface area contributed by atoms with E-state index in [-0.39, 0.29) is 12.1 Å². The number of amides is 2. The Balaban J connectivity index is 1.71. The van der Waals surface area contributed by atoms with Gasteiger partial charge in [0.25, 0.3) is 0 Å². The highest BCUT2D eigenvalue weighted by molar-refractivity contribution is 6.35. The fourth-order valence-corrected chi connectivity index (χ4v) is 2.51. The molecule has 150 valence electrons. The second-order valence-electron chi connectivity index (χ2n) is 6.06. The number of nitrogens with one attached hydrogen (secondary N) is 2. The van der Waals surface area contributed by atoms with E-state index in [1.54, 1.807) is 0 Å². The highest BCUT2D eigenvalue weighted by Crippen LogP contribution is 2.29. The molecule has 0 aliphatic carbocycles. The fourth-order valence-electron chi connectivity index (χ4n) is 2.51. The molecule has 1 heterocycles. The lowest BCUT2D eigenvalue weighted by atomic mass is 10.1. The third-order valence-corrected chi connectivity index (χ3v) is 4.10. The lowest BCUT2D eigenvalue weighted by Gasteiger charge is -2.26. The zero-order chi connectivity index (χ0) is 19.9. The number of alkyl halides is 3. The summed E-state index contributed by atoms with van der Waals surface area (Å²) >= 11 is 0. The molecular weight excluding hydrogens is 367 g/mol. The average Bonchev–Trinajstić information content (AvgIpc) is 2.66. The third-order valence-electron chi connectivity index (χ3n) is 4.10. The van der Waals surface area contributed by atoms with Crippen molar-refractivity contribution < 1.29 is 32.6 Å². The number of carbonyl (C=O) groups is 2. The van der Waals surface area contributed by atoms with Crippen LogP contribution in [-0.4, -0.2) is 67.8 Å². The molecule has 0 bridgehead atoms. The molecule has 1 atom stereocenters. The molecule has 27 heavy (non-hydrogen) atoms. The van der Waals surface area contributed by atoms with Gasteiger partial charge in [-0.2, -0.15) is 13.2 Å². The average molecular weight is 389 g/mol. The first-order chi connectivity index (χ1) is 12.8. The van der Waals surface area contributed by atoms with Crippen molar-refractivity contribution in [3.05, 3.63) is 35.4 Å². The number of hydrogen-bond acceptors (Lipinski definition) is 5. The predicted molar refractivity (Wildman–Crippen MR) is 89.7 cm³/mol. The summed E-state index contributed by atoms with van der Waals surface area (Å²) in [4.78, 5) is 25.5. The summed E-state index contributed by atoms with van der Waals surface area (Å²) in [5.74, 6) is -1.74. The second kappa shape index (κ2) is 9.67. The zero-order valence-corrected chi connectivity index (χ0v) is 14.6. The van der Waals surface area contributed by atoms with Crippen LogP contribution in [0.2, 0.25) is 0 Å². The summed E-state index contributed by atoms with van der Waals surface area (Å²) in [7, 11) is 0. The first kappa shape index (κ1) is 21.1. The molecule has 1 saturated heterocycles. The van der Waals surface area contributed by atoms with Crippen molar-refractivity contribution in [2.75, 3.05) is 45.9 Å². The van der Waals surface area contributed by atoms with Gasteiger partial charge in [-0.25, -0.2) is 0 Å². The second-order valence-corrected chi connectivity index (χ2v) is 6.06. The monoisotopic (exact) mass is 389 g/mol. The number of aliphatic hydroxyl groups is 1. The van der Waals surface area contributed by atoms with E-state index >= 15 is 0 Å². The highest BCUT2D eigenvalue weighted by atomic mass is 19.4. The van der Waals surface area contributed by atoms with E-state index in [9.17, 15) is 27.9 Å². The van der Waals surface area contributed by atoms with Crippen molar-refractivity contribution in [2.45, 2.75) is 12.3 Å².